The van der Waals surface area contributed by atoms with Crippen LogP contribution in [-0.2, 0) is 6.42 Å². The van der Waals surface area contributed by atoms with Crippen LogP contribution in [0.3, 0.4) is 0 Å². The quantitative estimate of drug-likeness (QED) is 0.755. The molecule has 1 aromatic heterocycles. The summed E-state index contributed by atoms with van der Waals surface area (Å²) in [6.07, 6.45) is 5.02. The van der Waals surface area contributed by atoms with E-state index in [1.165, 1.54) is 12.8 Å². The van der Waals surface area contributed by atoms with Crippen molar-refractivity contribution in [2.24, 2.45) is 5.73 Å². The molecule has 0 aliphatic carbocycles. The second-order valence-corrected chi connectivity index (χ2v) is 3.95. The Morgan fingerprint density at radius 2 is 2.64 bits per heavy atom. The third-order valence-corrected chi connectivity index (χ3v) is 2.62. The van der Waals surface area contributed by atoms with E-state index in [1.54, 1.807) is 6.26 Å². The minimum absolute atomic E-state index is 0.0379. The number of nitrogens with zero attached hydrogens (tertiary/aromatic N) is 1. The molecule has 4 nitrogen and oxygen atoms in total. The molecule has 1 aromatic rings. The van der Waals surface area contributed by atoms with Crippen LogP contribution in [0.1, 0.15) is 37.4 Å². The van der Waals surface area contributed by atoms with Gasteiger partial charge in [-0.1, -0.05) is 0 Å². The van der Waals surface area contributed by atoms with Gasteiger partial charge in [-0.05, 0) is 26.3 Å². The molecule has 2 unspecified atom stereocenters. The van der Waals surface area contributed by atoms with Crippen LogP contribution < -0.4 is 11.1 Å². The van der Waals surface area contributed by atoms with Crippen molar-refractivity contribution in [1.82, 2.24) is 10.3 Å². The Kier molecular flexibility index (Phi) is 2.84. The summed E-state index contributed by atoms with van der Waals surface area (Å²) < 4.78 is 5.36. The largest absolute Gasteiger partial charge is 0.449 e. The Morgan fingerprint density at radius 1 is 1.79 bits per heavy atom. The first kappa shape index (κ1) is 9.68. The van der Waals surface area contributed by atoms with Crippen LogP contribution in [0.25, 0.3) is 0 Å². The van der Waals surface area contributed by atoms with E-state index in [9.17, 15) is 0 Å². The summed E-state index contributed by atoms with van der Waals surface area (Å²) in [5.74, 6) is 0.803. The molecule has 14 heavy (non-hydrogen) atoms. The van der Waals surface area contributed by atoms with E-state index in [1.807, 2.05) is 6.92 Å². The lowest BCUT2D eigenvalue weighted by Gasteiger charge is -2.05. The summed E-state index contributed by atoms with van der Waals surface area (Å²) in [5.41, 5.74) is 6.54. The third kappa shape index (κ3) is 2.13. The summed E-state index contributed by atoms with van der Waals surface area (Å²) >= 11 is 0. The highest BCUT2D eigenvalue weighted by Gasteiger charge is 2.17. The van der Waals surface area contributed by atoms with Crippen LogP contribution in [0, 0.1) is 0 Å². The summed E-state index contributed by atoms with van der Waals surface area (Å²) in [4.78, 5) is 4.34. The molecule has 1 saturated heterocycles. The van der Waals surface area contributed by atoms with E-state index in [4.69, 9.17) is 10.2 Å². The van der Waals surface area contributed by atoms with Gasteiger partial charge in [0.2, 0.25) is 0 Å². The van der Waals surface area contributed by atoms with E-state index in [2.05, 4.69) is 10.3 Å². The Morgan fingerprint density at radius 3 is 3.21 bits per heavy atom. The Balaban J connectivity index is 1.95. The molecule has 0 aromatic carbocycles. The van der Waals surface area contributed by atoms with Gasteiger partial charge in [0.05, 0.1) is 5.69 Å². The molecular formula is C10H17N3O. The van der Waals surface area contributed by atoms with Crippen LogP contribution in [0.4, 0.5) is 0 Å². The summed E-state index contributed by atoms with van der Waals surface area (Å²) in [6.45, 7) is 3.03. The molecule has 1 aliphatic rings. The Labute approximate surface area is 83.9 Å². The zero-order valence-electron chi connectivity index (χ0n) is 8.49. The second-order valence-electron chi connectivity index (χ2n) is 3.95. The average Bonchev–Trinajstić information content (AvgIpc) is 2.75. The van der Waals surface area contributed by atoms with Gasteiger partial charge in [-0.3, -0.25) is 0 Å². The van der Waals surface area contributed by atoms with Crippen molar-refractivity contribution in [3.63, 3.8) is 0 Å². The molecule has 0 amide bonds. The molecule has 0 bridgehead atoms. The molecule has 2 heterocycles. The molecule has 1 aliphatic heterocycles. The highest BCUT2D eigenvalue weighted by molar-refractivity contribution is 5.02. The number of nitrogens with two attached hydrogens (primary N) is 1. The number of hydrogen-bond acceptors (Lipinski definition) is 4. The monoisotopic (exact) mass is 195 g/mol. The van der Waals surface area contributed by atoms with Gasteiger partial charge in [0.15, 0.2) is 5.89 Å². The Hall–Kier alpha value is -0.870. The number of hydrogen-bond donors (Lipinski definition) is 2. The van der Waals surface area contributed by atoms with E-state index in [0.29, 0.717) is 6.04 Å². The maximum atomic E-state index is 5.70. The number of nitrogens with one attached hydrogen (secondary N) is 1. The minimum Gasteiger partial charge on any atom is -0.449 e. The van der Waals surface area contributed by atoms with Crippen LogP contribution >= 0.6 is 0 Å². The molecule has 2 atom stereocenters. The van der Waals surface area contributed by atoms with Gasteiger partial charge >= 0.3 is 0 Å². The molecule has 3 N–H and O–H groups in total. The highest BCUT2D eigenvalue weighted by Crippen LogP contribution is 2.14. The fraction of sp³-hybridized carbons (Fsp3) is 0.700. The van der Waals surface area contributed by atoms with Crippen LogP contribution in [0.2, 0.25) is 0 Å². The van der Waals surface area contributed by atoms with E-state index < -0.39 is 0 Å². The molecule has 0 radical (unpaired) electrons. The van der Waals surface area contributed by atoms with Crippen molar-refractivity contribution in [2.75, 3.05) is 6.54 Å². The zero-order chi connectivity index (χ0) is 9.97. The lowest BCUT2D eigenvalue weighted by atomic mass is 10.1. The van der Waals surface area contributed by atoms with Gasteiger partial charge in [0, 0.05) is 18.5 Å². The van der Waals surface area contributed by atoms with Gasteiger partial charge in [-0.15, -0.1) is 0 Å². The van der Waals surface area contributed by atoms with Crippen molar-refractivity contribution >= 4 is 0 Å². The van der Waals surface area contributed by atoms with Crippen molar-refractivity contribution < 1.29 is 4.42 Å². The molecular weight excluding hydrogens is 178 g/mol. The molecule has 78 valence electrons. The van der Waals surface area contributed by atoms with Gasteiger partial charge in [-0.25, -0.2) is 4.98 Å². The molecule has 1 fully saturated rings. The van der Waals surface area contributed by atoms with Crippen molar-refractivity contribution in [3.05, 3.63) is 17.8 Å². The smallest absolute Gasteiger partial charge is 0.195 e. The SMILES string of the molecule is CC(N)c1coc(CC2CCCN2)n1. The topological polar surface area (TPSA) is 64.1 Å². The van der Waals surface area contributed by atoms with Crippen molar-refractivity contribution in [3.8, 4) is 0 Å². The first-order valence-corrected chi connectivity index (χ1v) is 5.19. The lowest BCUT2D eigenvalue weighted by molar-refractivity contribution is 0.455. The van der Waals surface area contributed by atoms with Crippen LogP contribution in [0.15, 0.2) is 10.7 Å². The number of aromatic nitrogens is 1. The van der Waals surface area contributed by atoms with E-state index >= 15 is 0 Å². The van der Waals surface area contributed by atoms with Crippen LogP contribution in [-0.4, -0.2) is 17.6 Å². The average molecular weight is 195 g/mol. The first-order chi connectivity index (χ1) is 6.75. The predicted octanol–water partition coefficient (Wildman–Crippen LogP) is 0.989. The van der Waals surface area contributed by atoms with Gasteiger partial charge < -0.3 is 15.5 Å². The predicted molar refractivity (Wildman–Crippen MR) is 53.8 cm³/mol. The normalized spacial score (nSPS) is 24.0. The molecule has 0 saturated carbocycles. The Bertz CT molecular complexity index is 289. The van der Waals surface area contributed by atoms with Gasteiger partial charge in [-0.2, -0.15) is 0 Å². The fourth-order valence-corrected chi connectivity index (χ4v) is 1.77. The van der Waals surface area contributed by atoms with Crippen molar-refractivity contribution in [2.45, 2.75) is 38.3 Å². The van der Waals surface area contributed by atoms with Crippen molar-refractivity contribution in [1.29, 1.82) is 0 Å². The molecule has 0 spiro atoms. The maximum Gasteiger partial charge on any atom is 0.195 e. The minimum atomic E-state index is -0.0379. The van der Waals surface area contributed by atoms with Crippen LogP contribution in [0.5, 0.6) is 0 Å². The highest BCUT2D eigenvalue weighted by atomic mass is 16.3. The summed E-state index contributed by atoms with van der Waals surface area (Å²) in [6, 6.07) is 0.499. The number of rotatable bonds is 3. The first-order valence-electron chi connectivity index (χ1n) is 5.19. The maximum absolute atomic E-state index is 5.70. The van der Waals surface area contributed by atoms with Gasteiger partial charge in [0.1, 0.15) is 6.26 Å². The zero-order valence-corrected chi connectivity index (χ0v) is 8.49. The van der Waals surface area contributed by atoms with Gasteiger partial charge in [0.25, 0.3) is 0 Å². The standard InChI is InChI=1S/C10H17N3O/c1-7(11)9-6-14-10(13-9)5-8-3-2-4-12-8/h6-8,12H,2-5,11H2,1H3. The summed E-state index contributed by atoms with van der Waals surface area (Å²) in [7, 11) is 0. The number of oxazole rings is 1. The lowest BCUT2D eigenvalue weighted by Crippen LogP contribution is -2.23. The van der Waals surface area contributed by atoms with E-state index in [0.717, 1.165) is 24.6 Å². The fourth-order valence-electron chi connectivity index (χ4n) is 1.77. The van der Waals surface area contributed by atoms with E-state index in [-0.39, 0.29) is 6.04 Å². The summed E-state index contributed by atoms with van der Waals surface area (Å²) in [5, 5.41) is 3.41. The second kappa shape index (κ2) is 4.11. The third-order valence-electron chi connectivity index (χ3n) is 2.62. The molecule has 4 heteroatoms. The molecule has 2 rings (SSSR count).